The molecule has 0 N–H and O–H groups in total. The van der Waals surface area contributed by atoms with E-state index in [9.17, 15) is 4.79 Å². The molecule has 0 atom stereocenters. The maximum absolute atomic E-state index is 12.3. The summed E-state index contributed by atoms with van der Waals surface area (Å²) in [7, 11) is 0. The van der Waals surface area contributed by atoms with Crippen molar-refractivity contribution >= 4 is 44.9 Å². The Bertz CT molecular complexity index is 828. The Balaban J connectivity index is 1.38. The standard InChI is InChI=1S/C18H17N3OS2/c22-17(6-5-16-19-9-12-23-16)21-10-7-13(8-11-21)18-20-14-3-1-2-4-15(14)24-18/h1-6,9,12-13H,7-8,10-11H2/b6-5+. The molecule has 0 spiro atoms. The van der Waals surface area contributed by atoms with Crippen molar-refractivity contribution in [1.82, 2.24) is 14.9 Å². The van der Waals surface area contributed by atoms with Gasteiger partial charge in [-0.1, -0.05) is 12.1 Å². The van der Waals surface area contributed by atoms with E-state index in [1.54, 1.807) is 29.7 Å². The largest absolute Gasteiger partial charge is 0.339 e. The predicted octanol–water partition coefficient (Wildman–Crippen LogP) is 4.17. The number of carbonyl (C=O) groups is 1. The van der Waals surface area contributed by atoms with Gasteiger partial charge >= 0.3 is 0 Å². The van der Waals surface area contributed by atoms with Crippen LogP contribution in [0.5, 0.6) is 0 Å². The Morgan fingerprint density at radius 2 is 2.08 bits per heavy atom. The summed E-state index contributed by atoms with van der Waals surface area (Å²) in [6, 6.07) is 8.28. The molecule has 24 heavy (non-hydrogen) atoms. The number of piperidine rings is 1. The van der Waals surface area contributed by atoms with Crippen molar-refractivity contribution in [3.05, 3.63) is 51.9 Å². The molecule has 3 heterocycles. The van der Waals surface area contributed by atoms with Crippen LogP contribution in [0.1, 0.15) is 28.8 Å². The number of hydrogen-bond acceptors (Lipinski definition) is 5. The molecule has 3 aromatic rings. The average molecular weight is 355 g/mol. The highest BCUT2D eigenvalue weighted by atomic mass is 32.1. The third-order valence-electron chi connectivity index (χ3n) is 4.29. The van der Waals surface area contributed by atoms with E-state index in [1.807, 2.05) is 16.3 Å². The molecule has 6 heteroatoms. The van der Waals surface area contributed by atoms with Crippen LogP contribution in [0.3, 0.4) is 0 Å². The first-order valence-electron chi connectivity index (χ1n) is 8.01. The minimum atomic E-state index is 0.0768. The van der Waals surface area contributed by atoms with Crippen molar-refractivity contribution in [3.8, 4) is 0 Å². The number of thiazole rings is 2. The topological polar surface area (TPSA) is 46.1 Å². The summed E-state index contributed by atoms with van der Waals surface area (Å²) in [5.41, 5.74) is 1.09. The molecule has 1 aromatic carbocycles. The maximum atomic E-state index is 12.3. The highest BCUT2D eigenvalue weighted by Crippen LogP contribution is 2.33. The highest BCUT2D eigenvalue weighted by molar-refractivity contribution is 7.18. The van der Waals surface area contributed by atoms with Crippen molar-refractivity contribution in [2.75, 3.05) is 13.1 Å². The molecule has 1 aliphatic heterocycles. The smallest absolute Gasteiger partial charge is 0.246 e. The zero-order valence-electron chi connectivity index (χ0n) is 13.1. The Hall–Kier alpha value is -2.05. The molecule has 0 unspecified atom stereocenters. The first-order valence-corrected chi connectivity index (χ1v) is 9.71. The minimum absolute atomic E-state index is 0.0768. The lowest BCUT2D eigenvalue weighted by Crippen LogP contribution is -2.36. The van der Waals surface area contributed by atoms with Crippen molar-refractivity contribution in [2.45, 2.75) is 18.8 Å². The van der Waals surface area contributed by atoms with Crippen molar-refractivity contribution in [3.63, 3.8) is 0 Å². The number of fused-ring (bicyclic) bond motifs is 1. The van der Waals surface area contributed by atoms with Crippen LogP contribution in [0.4, 0.5) is 0 Å². The molecule has 0 saturated carbocycles. The molecule has 4 rings (SSSR count). The number of para-hydroxylation sites is 1. The molecule has 0 radical (unpaired) electrons. The normalized spacial score (nSPS) is 16.2. The fourth-order valence-electron chi connectivity index (χ4n) is 2.98. The fourth-order valence-corrected chi connectivity index (χ4v) is 4.64. The number of hydrogen-bond donors (Lipinski definition) is 0. The SMILES string of the molecule is O=C(/C=C/c1nccs1)N1CCC(c2nc3ccccc3s2)CC1. The van der Waals surface area contributed by atoms with Gasteiger partial charge in [0.15, 0.2) is 0 Å². The van der Waals surface area contributed by atoms with E-state index in [1.165, 1.54) is 21.0 Å². The Kier molecular flexibility index (Phi) is 4.40. The van der Waals surface area contributed by atoms with E-state index in [0.717, 1.165) is 36.5 Å². The van der Waals surface area contributed by atoms with Crippen LogP contribution >= 0.6 is 22.7 Å². The fraction of sp³-hybridized carbons (Fsp3) is 0.278. The number of likely N-dealkylation sites (tertiary alicyclic amines) is 1. The Morgan fingerprint density at radius 1 is 1.25 bits per heavy atom. The molecule has 1 aliphatic rings. The van der Waals surface area contributed by atoms with E-state index in [0.29, 0.717) is 5.92 Å². The predicted molar refractivity (Wildman–Crippen MR) is 99.3 cm³/mol. The molecule has 0 aliphatic carbocycles. The quantitative estimate of drug-likeness (QED) is 0.662. The summed E-state index contributed by atoms with van der Waals surface area (Å²) >= 11 is 3.32. The minimum Gasteiger partial charge on any atom is -0.339 e. The van der Waals surface area contributed by atoms with Gasteiger partial charge in [0.1, 0.15) is 5.01 Å². The van der Waals surface area contributed by atoms with Crippen LogP contribution in [0.15, 0.2) is 41.9 Å². The van der Waals surface area contributed by atoms with E-state index >= 15 is 0 Å². The summed E-state index contributed by atoms with van der Waals surface area (Å²) in [6.07, 6.45) is 7.15. The van der Waals surface area contributed by atoms with Crippen molar-refractivity contribution < 1.29 is 4.79 Å². The molecule has 1 amide bonds. The van der Waals surface area contributed by atoms with Crippen LogP contribution in [-0.2, 0) is 4.79 Å². The number of aromatic nitrogens is 2. The molecule has 1 saturated heterocycles. The lowest BCUT2D eigenvalue weighted by molar-refractivity contribution is -0.126. The third kappa shape index (κ3) is 3.25. The van der Waals surface area contributed by atoms with Gasteiger partial charge in [0, 0.05) is 36.7 Å². The van der Waals surface area contributed by atoms with Gasteiger partial charge in [0.05, 0.1) is 15.2 Å². The summed E-state index contributed by atoms with van der Waals surface area (Å²) in [4.78, 5) is 23.1. The van der Waals surface area contributed by atoms with E-state index in [2.05, 4.69) is 23.2 Å². The third-order valence-corrected chi connectivity index (χ3v) is 6.23. The van der Waals surface area contributed by atoms with Crippen molar-refractivity contribution in [1.29, 1.82) is 0 Å². The van der Waals surface area contributed by atoms with Gasteiger partial charge in [0.25, 0.3) is 0 Å². The summed E-state index contributed by atoms with van der Waals surface area (Å²) in [5.74, 6) is 0.544. The van der Waals surface area contributed by atoms with Crippen LogP contribution in [0.25, 0.3) is 16.3 Å². The van der Waals surface area contributed by atoms with Gasteiger partial charge < -0.3 is 4.90 Å². The van der Waals surface area contributed by atoms with Gasteiger partial charge in [-0.05, 0) is 31.1 Å². The molecule has 2 aromatic heterocycles. The zero-order chi connectivity index (χ0) is 16.4. The Morgan fingerprint density at radius 3 is 2.83 bits per heavy atom. The summed E-state index contributed by atoms with van der Waals surface area (Å²) in [6.45, 7) is 1.59. The number of nitrogens with zero attached hydrogens (tertiary/aromatic N) is 3. The average Bonchev–Trinajstić information content (AvgIpc) is 3.29. The van der Waals surface area contributed by atoms with Crippen LogP contribution < -0.4 is 0 Å². The number of benzene rings is 1. The molecule has 4 nitrogen and oxygen atoms in total. The van der Waals surface area contributed by atoms with E-state index in [4.69, 9.17) is 4.98 Å². The molecular formula is C18H17N3OS2. The Labute approximate surface area is 148 Å². The second kappa shape index (κ2) is 6.83. The summed E-state index contributed by atoms with van der Waals surface area (Å²) < 4.78 is 1.25. The zero-order valence-corrected chi connectivity index (χ0v) is 14.7. The van der Waals surface area contributed by atoms with E-state index in [-0.39, 0.29) is 5.91 Å². The number of carbonyl (C=O) groups excluding carboxylic acids is 1. The number of rotatable bonds is 3. The van der Waals surface area contributed by atoms with Gasteiger partial charge in [0.2, 0.25) is 5.91 Å². The van der Waals surface area contributed by atoms with Crippen molar-refractivity contribution in [2.24, 2.45) is 0 Å². The highest BCUT2D eigenvalue weighted by Gasteiger charge is 2.25. The van der Waals surface area contributed by atoms with Crippen LogP contribution in [-0.4, -0.2) is 33.9 Å². The first-order chi connectivity index (χ1) is 11.8. The van der Waals surface area contributed by atoms with E-state index < -0.39 is 0 Å². The van der Waals surface area contributed by atoms with Gasteiger partial charge in [-0.15, -0.1) is 22.7 Å². The van der Waals surface area contributed by atoms with Crippen LogP contribution in [0, 0.1) is 0 Å². The molecule has 0 bridgehead atoms. The molecule has 122 valence electrons. The lowest BCUT2D eigenvalue weighted by Gasteiger charge is -2.30. The maximum Gasteiger partial charge on any atom is 0.246 e. The second-order valence-corrected chi connectivity index (χ2v) is 7.81. The van der Waals surface area contributed by atoms with Crippen LogP contribution in [0.2, 0.25) is 0 Å². The van der Waals surface area contributed by atoms with Gasteiger partial charge in [-0.25, -0.2) is 9.97 Å². The van der Waals surface area contributed by atoms with Gasteiger partial charge in [-0.2, -0.15) is 0 Å². The summed E-state index contributed by atoms with van der Waals surface area (Å²) in [5, 5.41) is 3.99. The number of amides is 1. The monoisotopic (exact) mass is 355 g/mol. The molecular weight excluding hydrogens is 338 g/mol. The van der Waals surface area contributed by atoms with Gasteiger partial charge in [-0.3, -0.25) is 4.79 Å². The lowest BCUT2D eigenvalue weighted by atomic mass is 9.97. The second-order valence-electron chi connectivity index (χ2n) is 5.82. The molecule has 1 fully saturated rings. The first kappa shape index (κ1) is 15.5.